The highest BCUT2D eigenvalue weighted by Gasteiger charge is 2.24. The molecule has 0 atom stereocenters. The van der Waals surface area contributed by atoms with Gasteiger partial charge in [-0.1, -0.05) is 18.2 Å². The minimum absolute atomic E-state index is 0.257. The van der Waals surface area contributed by atoms with Crippen LogP contribution in [0.3, 0.4) is 0 Å². The van der Waals surface area contributed by atoms with E-state index in [1.165, 1.54) is 14.6 Å². The number of nitrogens with one attached hydrogen (secondary N) is 1. The van der Waals surface area contributed by atoms with Gasteiger partial charge in [-0.2, -0.15) is 0 Å². The molecule has 2 aromatic heterocycles. The molecule has 1 N–H and O–H groups in total. The second-order valence-corrected chi connectivity index (χ2v) is 7.86. The number of benzene rings is 1. The van der Waals surface area contributed by atoms with Crippen molar-refractivity contribution in [2.24, 2.45) is 0 Å². The molecule has 0 bridgehead atoms. The normalized spacial score (nSPS) is 15.5. The van der Waals surface area contributed by atoms with Crippen LogP contribution in [-0.2, 0) is 17.8 Å². The Balaban J connectivity index is 1.26. The molecule has 1 fully saturated rings. The minimum atomic E-state index is 0.257. The number of hydrogen-bond acceptors (Lipinski definition) is 4. The van der Waals surface area contributed by atoms with Crippen molar-refractivity contribution in [3.8, 4) is 0 Å². The first-order chi connectivity index (χ1) is 12.8. The number of nitrogens with zero attached hydrogens (tertiary/aromatic N) is 3. The van der Waals surface area contributed by atoms with Crippen LogP contribution in [0.15, 0.2) is 48.8 Å². The zero-order valence-corrected chi connectivity index (χ0v) is 15.5. The Hall–Kier alpha value is -2.31. The lowest BCUT2D eigenvalue weighted by Gasteiger charge is -2.31. The topological polar surface area (TPSA) is 50.5 Å². The first-order valence-corrected chi connectivity index (χ1v) is 9.94. The smallest absolute Gasteiger partial charge is 0.223 e. The summed E-state index contributed by atoms with van der Waals surface area (Å²) >= 11 is 1.79. The SMILES string of the molecule is O=C(CCc1cccnc1)N1CC[NH+](Cc2nc3ccccc3s2)CC1. The van der Waals surface area contributed by atoms with E-state index >= 15 is 0 Å². The molecule has 134 valence electrons. The number of amides is 1. The maximum Gasteiger partial charge on any atom is 0.223 e. The summed E-state index contributed by atoms with van der Waals surface area (Å²) in [6, 6.07) is 12.3. The second kappa shape index (κ2) is 7.93. The Kier molecular flexibility index (Phi) is 5.22. The third kappa shape index (κ3) is 4.08. The first kappa shape index (κ1) is 17.1. The van der Waals surface area contributed by atoms with Gasteiger partial charge < -0.3 is 9.80 Å². The number of thiazole rings is 1. The standard InChI is InChI=1S/C20H22N4OS/c25-20(8-7-16-4-3-9-21-14-16)24-12-10-23(11-13-24)15-19-22-17-5-1-2-6-18(17)26-19/h1-6,9,14H,7-8,10-13,15H2/p+1. The molecule has 0 spiro atoms. The van der Waals surface area contributed by atoms with E-state index in [-0.39, 0.29) is 5.91 Å². The van der Waals surface area contributed by atoms with Gasteiger partial charge in [0.05, 0.1) is 36.4 Å². The van der Waals surface area contributed by atoms with Crippen LogP contribution in [0.4, 0.5) is 0 Å². The van der Waals surface area contributed by atoms with Crippen LogP contribution in [0.2, 0.25) is 0 Å². The largest absolute Gasteiger partial charge is 0.331 e. The fourth-order valence-electron chi connectivity index (χ4n) is 3.41. The van der Waals surface area contributed by atoms with Crippen molar-refractivity contribution in [3.63, 3.8) is 0 Å². The van der Waals surface area contributed by atoms with Crippen LogP contribution in [0.5, 0.6) is 0 Å². The molecule has 0 unspecified atom stereocenters. The van der Waals surface area contributed by atoms with Crippen molar-refractivity contribution in [3.05, 3.63) is 59.4 Å². The lowest BCUT2D eigenvalue weighted by molar-refractivity contribution is -0.917. The number of pyridine rings is 1. The third-order valence-corrected chi connectivity index (χ3v) is 5.95. The quantitative estimate of drug-likeness (QED) is 0.744. The number of aryl methyl sites for hydroxylation is 1. The number of piperazine rings is 1. The number of carbonyl (C=O) groups excluding carboxylic acids is 1. The van der Waals surface area contributed by atoms with Gasteiger partial charge in [0.25, 0.3) is 0 Å². The molecule has 1 amide bonds. The lowest BCUT2D eigenvalue weighted by atomic mass is 10.1. The van der Waals surface area contributed by atoms with E-state index in [0.29, 0.717) is 6.42 Å². The number of hydrogen-bond donors (Lipinski definition) is 1. The maximum absolute atomic E-state index is 12.4. The number of para-hydroxylation sites is 1. The number of fused-ring (bicyclic) bond motifs is 1. The Morgan fingerprint density at radius 2 is 2.00 bits per heavy atom. The zero-order chi connectivity index (χ0) is 17.8. The average molecular weight is 367 g/mol. The monoisotopic (exact) mass is 367 g/mol. The van der Waals surface area contributed by atoms with Crippen LogP contribution < -0.4 is 4.90 Å². The number of quaternary nitrogens is 1. The van der Waals surface area contributed by atoms with Gasteiger partial charge in [0.15, 0.2) is 0 Å². The Morgan fingerprint density at radius 3 is 2.77 bits per heavy atom. The highest BCUT2D eigenvalue weighted by Crippen LogP contribution is 2.20. The molecule has 0 saturated carbocycles. The lowest BCUT2D eigenvalue weighted by Crippen LogP contribution is -3.13. The fourth-order valence-corrected chi connectivity index (χ4v) is 4.45. The first-order valence-electron chi connectivity index (χ1n) is 9.12. The zero-order valence-electron chi connectivity index (χ0n) is 14.7. The third-order valence-electron chi connectivity index (χ3n) is 4.91. The summed E-state index contributed by atoms with van der Waals surface area (Å²) in [7, 11) is 0. The molecule has 4 rings (SSSR count). The molecule has 1 aliphatic heterocycles. The summed E-state index contributed by atoms with van der Waals surface area (Å²) in [6.07, 6.45) is 4.94. The van der Waals surface area contributed by atoms with E-state index in [1.54, 1.807) is 17.5 Å². The molecular weight excluding hydrogens is 344 g/mol. The predicted octanol–water partition coefficient (Wildman–Crippen LogP) is 1.55. The van der Waals surface area contributed by atoms with E-state index in [4.69, 9.17) is 4.98 Å². The van der Waals surface area contributed by atoms with E-state index < -0.39 is 0 Å². The van der Waals surface area contributed by atoms with Crippen molar-refractivity contribution in [1.82, 2.24) is 14.9 Å². The van der Waals surface area contributed by atoms with Crippen LogP contribution in [0.1, 0.15) is 17.0 Å². The number of carbonyl (C=O) groups is 1. The maximum atomic E-state index is 12.4. The van der Waals surface area contributed by atoms with Crippen LogP contribution in [0.25, 0.3) is 10.2 Å². The molecule has 1 aromatic carbocycles. The van der Waals surface area contributed by atoms with Gasteiger partial charge in [0, 0.05) is 18.8 Å². The van der Waals surface area contributed by atoms with Crippen molar-refractivity contribution >= 4 is 27.5 Å². The molecule has 26 heavy (non-hydrogen) atoms. The summed E-state index contributed by atoms with van der Waals surface area (Å²) in [5.74, 6) is 0.257. The Labute approximate surface area is 157 Å². The van der Waals surface area contributed by atoms with Gasteiger partial charge in [-0.05, 0) is 30.2 Å². The van der Waals surface area contributed by atoms with Crippen LogP contribution in [0, 0.1) is 0 Å². The minimum Gasteiger partial charge on any atom is -0.331 e. The summed E-state index contributed by atoms with van der Waals surface area (Å²) in [4.78, 5) is 24.8. The van der Waals surface area contributed by atoms with Crippen molar-refractivity contribution in [1.29, 1.82) is 0 Å². The molecule has 6 heteroatoms. The summed E-state index contributed by atoms with van der Waals surface area (Å²) in [5, 5.41) is 1.19. The van der Waals surface area contributed by atoms with Gasteiger partial charge in [0.1, 0.15) is 11.6 Å². The molecular formula is C20H23N4OS+. The van der Waals surface area contributed by atoms with Gasteiger partial charge in [-0.3, -0.25) is 9.78 Å². The van der Waals surface area contributed by atoms with Gasteiger partial charge in [-0.15, -0.1) is 11.3 Å². The van der Waals surface area contributed by atoms with E-state index in [2.05, 4.69) is 23.2 Å². The van der Waals surface area contributed by atoms with E-state index in [1.807, 2.05) is 29.3 Å². The van der Waals surface area contributed by atoms with Crippen molar-refractivity contribution in [2.45, 2.75) is 19.4 Å². The molecule has 0 radical (unpaired) electrons. The van der Waals surface area contributed by atoms with Crippen molar-refractivity contribution in [2.75, 3.05) is 26.2 Å². The molecule has 1 saturated heterocycles. The molecule has 1 aliphatic rings. The highest BCUT2D eigenvalue weighted by molar-refractivity contribution is 7.18. The predicted molar refractivity (Wildman–Crippen MR) is 103 cm³/mol. The second-order valence-electron chi connectivity index (χ2n) is 6.74. The van der Waals surface area contributed by atoms with Crippen LogP contribution in [-0.4, -0.2) is 47.0 Å². The molecule has 3 aromatic rings. The molecule has 0 aliphatic carbocycles. The Morgan fingerprint density at radius 1 is 1.15 bits per heavy atom. The van der Waals surface area contributed by atoms with E-state index in [9.17, 15) is 4.79 Å². The molecule has 5 nitrogen and oxygen atoms in total. The highest BCUT2D eigenvalue weighted by atomic mass is 32.1. The van der Waals surface area contributed by atoms with Gasteiger partial charge >= 0.3 is 0 Å². The van der Waals surface area contributed by atoms with E-state index in [0.717, 1.165) is 50.2 Å². The van der Waals surface area contributed by atoms with Crippen LogP contribution >= 0.6 is 11.3 Å². The number of aromatic nitrogens is 2. The van der Waals surface area contributed by atoms with Crippen molar-refractivity contribution < 1.29 is 9.69 Å². The summed E-state index contributed by atoms with van der Waals surface area (Å²) in [6.45, 7) is 4.62. The Bertz CT molecular complexity index is 839. The average Bonchev–Trinajstić information content (AvgIpc) is 3.10. The van der Waals surface area contributed by atoms with Gasteiger partial charge in [0.2, 0.25) is 5.91 Å². The van der Waals surface area contributed by atoms with Gasteiger partial charge in [-0.25, -0.2) is 4.98 Å². The summed E-state index contributed by atoms with van der Waals surface area (Å²) < 4.78 is 1.26. The summed E-state index contributed by atoms with van der Waals surface area (Å²) in [5.41, 5.74) is 2.22. The fraction of sp³-hybridized carbons (Fsp3) is 0.350. The molecule has 3 heterocycles. The number of rotatable bonds is 5.